The fourth-order valence-corrected chi connectivity index (χ4v) is 13.1. The molecule has 0 aliphatic carbocycles. The van der Waals surface area contributed by atoms with Gasteiger partial charge >= 0.3 is 39.5 Å². The van der Waals surface area contributed by atoms with Crippen molar-refractivity contribution in [2.24, 2.45) is 17.8 Å². The summed E-state index contributed by atoms with van der Waals surface area (Å²) >= 11 is 0. The van der Waals surface area contributed by atoms with E-state index in [2.05, 4.69) is 48.5 Å². The molecule has 0 aromatic heterocycles. The zero-order valence-electron chi connectivity index (χ0n) is 62.1. The Bertz CT molecular complexity index is 1850. The maximum absolute atomic E-state index is 13.1. The molecule has 0 saturated carbocycles. The topological polar surface area (TPSA) is 237 Å². The van der Waals surface area contributed by atoms with E-state index < -0.39 is 97.5 Å². The van der Waals surface area contributed by atoms with E-state index in [1.165, 1.54) is 193 Å². The molecule has 17 nitrogen and oxygen atoms in total. The zero-order valence-corrected chi connectivity index (χ0v) is 63.9. The number of aliphatic hydroxyl groups excluding tert-OH is 1. The highest BCUT2D eigenvalue weighted by molar-refractivity contribution is 7.47. The van der Waals surface area contributed by atoms with Crippen LogP contribution in [0, 0.1) is 17.8 Å². The van der Waals surface area contributed by atoms with Crippen LogP contribution in [-0.2, 0) is 65.4 Å². The molecule has 3 N–H and O–H groups in total. The predicted molar refractivity (Wildman–Crippen MR) is 386 cm³/mol. The fraction of sp³-hybridized carbons (Fsp3) is 0.947. The van der Waals surface area contributed by atoms with Crippen LogP contribution in [0.15, 0.2) is 0 Å². The number of unbranched alkanes of at least 4 members (excludes halogenated alkanes) is 41. The van der Waals surface area contributed by atoms with Crippen molar-refractivity contribution in [2.75, 3.05) is 39.6 Å². The predicted octanol–water partition coefficient (Wildman–Crippen LogP) is 22.2. The number of carbonyl (C=O) groups excluding carboxylic acids is 4. The molecule has 0 amide bonds. The van der Waals surface area contributed by atoms with Crippen LogP contribution in [0.1, 0.15) is 389 Å². The molecule has 3 unspecified atom stereocenters. The smallest absolute Gasteiger partial charge is 0.462 e. The van der Waals surface area contributed by atoms with E-state index in [0.717, 1.165) is 108 Å². The molecule has 0 heterocycles. The van der Waals surface area contributed by atoms with Crippen LogP contribution < -0.4 is 0 Å². The second-order valence-corrected chi connectivity index (χ2v) is 31.5. The van der Waals surface area contributed by atoms with Gasteiger partial charge < -0.3 is 33.8 Å². The minimum absolute atomic E-state index is 0.103. The zero-order chi connectivity index (χ0) is 70.1. The van der Waals surface area contributed by atoms with Crippen LogP contribution in [0.25, 0.3) is 0 Å². The molecule has 0 rings (SSSR count). The van der Waals surface area contributed by atoms with E-state index in [4.69, 9.17) is 37.0 Å². The Hall–Kier alpha value is -1.94. The maximum atomic E-state index is 13.1. The molecule has 564 valence electrons. The highest BCUT2D eigenvalue weighted by atomic mass is 31.2. The standard InChI is InChI=1S/C76H148O17P2/c1-8-10-11-12-13-14-15-22-26-29-35-43-50-57-73(78)86-63-71(92-75(80)59-52-45-36-30-27-24-21-19-17-16-18-20-23-25-28-34-42-49-56-69(7)9-2)65-90-94(82,83)88-61-70(77)62-89-95(84,85)91-66-72(64-87-74(79)58-51-44-39-38-41-48-55-68(5)6)93-76(81)60-53-46-37-32-31-33-40-47-54-67(3)4/h67-72,77H,8-66H2,1-7H3,(H,82,83)(H,84,85)/t69?,70-,71-,72-/m1/s1. The number of rotatable bonds is 74. The molecule has 19 heteroatoms. The first-order chi connectivity index (χ1) is 45.8. The van der Waals surface area contributed by atoms with E-state index in [-0.39, 0.29) is 25.7 Å². The number of carbonyl (C=O) groups is 4. The number of hydrogen-bond donors (Lipinski definition) is 3. The lowest BCUT2D eigenvalue weighted by Crippen LogP contribution is -2.30. The minimum atomic E-state index is -4.96. The molecule has 0 aliphatic rings. The Morgan fingerprint density at radius 2 is 0.537 bits per heavy atom. The van der Waals surface area contributed by atoms with E-state index >= 15 is 0 Å². The van der Waals surface area contributed by atoms with Gasteiger partial charge in [-0.3, -0.25) is 37.3 Å². The van der Waals surface area contributed by atoms with Gasteiger partial charge in [-0.2, -0.15) is 0 Å². The average molecular weight is 1400 g/mol. The molecular weight excluding hydrogens is 1250 g/mol. The summed E-state index contributed by atoms with van der Waals surface area (Å²) in [5.41, 5.74) is 0. The number of hydrogen-bond acceptors (Lipinski definition) is 15. The van der Waals surface area contributed by atoms with Crippen molar-refractivity contribution in [3.8, 4) is 0 Å². The van der Waals surface area contributed by atoms with E-state index in [1.807, 2.05) is 0 Å². The number of aliphatic hydroxyl groups is 1. The van der Waals surface area contributed by atoms with Crippen molar-refractivity contribution < 1.29 is 80.2 Å². The first-order valence-electron chi connectivity index (χ1n) is 39.4. The van der Waals surface area contributed by atoms with E-state index in [0.29, 0.717) is 31.6 Å². The number of ether oxygens (including phenoxy) is 4. The summed E-state index contributed by atoms with van der Waals surface area (Å²) in [7, 11) is -9.91. The fourth-order valence-electron chi connectivity index (χ4n) is 11.6. The molecule has 0 aromatic rings. The normalized spacial score (nSPS) is 14.4. The van der Waals surface area contributed by atoms with Crippen molar-refractivity contribution >= 4 is 39.5 Å². The summed E-state index contributed by atoms with van der Waals surface area (Å²) in [5, 5.41) is 10.6. The van der Waals surface area contributed by atoms with Crippen LogP contribution in [0.2, 0.25) is 0 Å². The van der Waals surface area contributed by atoms with Crippen LogP contribution in [0.3, 0.4) is 0 Å². The Kier molecular flexibility index (Phi) is 65.2. The molecule has 0 radical (unpaired) electrons. The monoisotopic (exact) mass is 1400 g/mol. The van der Waals surface area contributed by atoms with Gasteiger partial charge in [0.25, 0.3) is 0 Å². The van der Waals surface area contributed by atoms with Gasteiger partial charge in [-0.1, -0.05) is 337 Å². The summed E-state index contributed by atoms with van der Waals surface area (Å²) in [6.07, 6.45) is 53.0. The first-order valence-corrected chi connectivity index (χ1v) is 42.4. The third-order valence-electron chi connectivity index (χ3n) is 18.0. The molecule has 0 fully saturated rings. The van der Waals surface area contributed by atoms with Crippen molar-refractivity contribution in [3.63, 3.8) is 0 Å². The molecule has 0 aliphatic heterocycles. The molecule has 0 saturated heterocycles. The Morgan fingerprint density at radius 1 is 0.305 bits per heavy atom. The third-order valence-corrected chi connectivity index (χ3v) is 19.9. The van der Waals surface area contributed by atoms with Crippen LogP contribution in [-0.4, -0.2) is 96.7 Å². The van der Waals surface area contributed by atoms with E-state index in [9.17, 15) is 43.2 Å². The van der Waals surface area contributed by atoms with Crippen molar-refractivity contribution in [1.29, 1.82) is 0 Å². The second kappa shape index (κ2) is 66.6. The highest BCUT2D eigenvalue weighted by Gasteiger charge is 2.30. The summed E-state index contributed by atoms with van der Waals surface area (Å²) in [4.78, 5) is 72.7. The summed E-state index contributed by atoms with van der Waals surface area (Å²) < 4.78 is 68.4. The SMILES string of the molecule is CCCCCCCCCCCCCCCC(=O)OC[C@H](COP(=O)(O)OC[C@@H](O)COP(=O)(O)OC[C@@H](COC(=O)CCCCCCCCC(C)C)OC(=O)CCCCCCCCCCC(C)C)OC(=O)CCCCCCCCCCCCCCCCCCCCC(C)CC. The maximum Gasteiger partial charge on any atom is 0.472 e. The van der Waals surface area contributed by atoms with Gasteiger partial charge in [0.05, 0.1) is 26.4 Å². The lowest BCUT2D eigenvalue weighted by Gasteiger charge is -2.21. The Morgan fingerprint density at radius 3 is 0.800 bits per heavy atom. The van der Waals surface area contributed by atoms with Crippen molar-refractivity contribution in [1.82, 2.24) is 0 Å². The molecular formula is C76H148O17P2. The van der Waals surface area contributed by atoms with Gasteiger partial charge in [-0.25, -0.2) is 9.13 Å². The largest absolute Gasteiger partial charge is 0.472 e. The quantitative estimate of drug-likeness (QED) is 0.0222. The summed E-state index contributed by atoms with van der Waals surface area (Å²) in [6, 6.07) is 0. The Balaban J connectivity index is 5.17. The lowest BCUT2D eigenvalue weighted by atomic mass is 9.99. The van der Waals surface area contributed by atoms with Gasteiger partial charge in [0, 0.05) is 25.7 Å². The van der Waals surface area contributed by atoms with Crippen LogP contribution >= 0.6 is 15.6 Å². The third kappa shape index (κ3) is 69.0. The van der Waals surface area contributed by atoms with Gasteiger partial charge in [0.2, 0.25) is 0 Å². The number of esters is 4. The van der Waals surface area contributed by atoms with Gasteiger partial charge in [-0.15, -0.1) is 0 Å². The average Bonchev–Trinajstić information content (AvgIpc) is 1.77. The molecule has 0 bridgehead atoms. The first kappa shape index (κ1) is 93.1. The molecule has 95 heavy (non-hydrogen) atoms. The van der Waals surface area contributed by atoms with Gasteiger partial charge in [0.1, 0.15) is 19.3 Å². The summed E-state index contributed by atoms with van der Waals surface area (Å²) in [6.45, 7) is 11.8. The van der Waals surface area contributed by atoms with Crippen LogP contribution in [0.4, 0.5) is 0 Å². The highest BCUT2D eigenvalue weighted by Crippen LogP contribution is 2.45. The molecule has 0 spiro atoms. The molecule has 0 aromatic carbocycles. The number of phosphoric acid groups is 2. The van der Waals surface area contributed by atoms with Crippen molar-refractivity contribution in [2.45, 2.75) is 407 Å². The Labute approximate surface area is 581 Å². The number of phosphoric ester groups is 2. The van der Waals surface area contributed by atoms with E-state index in [1.54, 1.807) is 0 Å². The van der Waals surface area contributed by atoms with Gasteiger partial charge in [-0.05, 0) is 43.4 Å². The van der Waals surface area contributed by atoms with Crippen molar-refractivity contribution in [3.05, 3.63) is 0 Å². The van der Waals surface area contributed by atoms with Gasteiger partial charge in [0.15, 0.2) is 12.2 Å². The lowest BCUT2D eigenvalue weighted by molar-refractivity contribution is -0.161. The summed E-state index contributed by atoms with van der Waals surface area (Å²) in [5.74, 6) is 0.147. The molecule has 6 atom stereocenters. The van der Waals surface area contributed by atoms with Crippen LogP contribution in [0.5, 0.6) is 0 Å². The second-order valence-electron chi connectivity index (χ2n) is 28.6. The minimum Gasteiger partial charge on any atom is -0.462 e.